The molecule has 0 fully saturated rings. The van der Waals surface area contributed by atoms with E-state index in [4.69, 9.17) is 24.4 Å². The molecule has 0 saturated heterocycles. The van der Waals surface area contributed by atoms with Crippen LogP contribution < -0.4 is 4.74 Å². The van der Waals surface area contributed by atoms with Crippen LogP contribution in [0.1, 0.15) is 90.3 Å². The lowest BCUT2D eigenvalue weighted by Gasteiger charge is -2.21. The number of aromatic nitrogens is 3. The Hall–Kier alpha value is -3.81. The summed E-state index contributed by atoms with van der Waals surface area (Å²) in [6, 6.07) is 5.04. The molecule has 256 valence electrons. The van der Waals surface area contributed by atoms with E-state index >= 15 is 0 Å². The summed E-state index contributed by atoms with van der Waals surface area (Å²) in [7, 11) is 0. The van der Waals surface area contributed by atoms with Crippen molar-refractivity contribution in [3.63, 3.8) is 0 Å². The zero-order valence-electron chi connectivity index (χ0n) is 30.2. The van der Waals surface area contributed by atoms with E-state index in [0.717, 1.165) is 39.8 Å². The first-order valence-electron chi connectivity index (χ1n) is 16.4. The van der Waals surface area contributed by atoms with Gasteiger partial charge in [0, 0.05) is 23.8 Å². The third-order valence-corrected chi connectivity index (χ3v) is 9.39. The number of nitrogens with zero attached hydrogens (tertiary/aromatic N) is 3. The van der Waals surface area contributed by atoms with Crippen LogP contribution in [0.5, 0.6) is 11.5 Å². The highest BCUT2D eigenvalue weighted by Crippen LogP contribution is 2.38. The van der Waals surface area contributed by atoms with Gasteiger partial charge in [-0.05, 0) is 143 Å². The Kier molecular flexibility index (Phi) is 14.1. The van der Waals surface area contributed by atoms with E-state index < -0.39 is 6.10 Å². The van der Waals surface area contributed by atoms with Crippen LogP contribution in [0.15, 0.2) is 18.2 Å². The number of phenols is 1. The summed E-state index contributed by atoms with van der Waals surface area (Å²) < 4.78 is 11.2. The second-order valence-corrected chi connectivity index (χ2v) is 12.0. The standard InChI is InChI=1S/C37H47N3O4.C2H6.CH4/c1-12-15-43-17-29(41)18-44-30-13-14-31(32(42)16-30)35-38-36(33-25(8)21(4)19(2)22(5)26(33)9)40-37(39-35)34-27(10)23(6)20(3)24(7)28(34)11;1-2;/h13-14,16,29,41-42H,12,15,17-18H2,1-11H3;1-2H3;1H4. The highest BCUT2D eigenvalue weighted by molar-refractivity contribution is 5.77. The van der Waals surface area contributed by atoms with Crippen LogP contribution in [0.4, 0.5) is 0 Å². The summed E-state index contributed by atoms with van der Waals surface area (Å²) in [4.78, 5) is 15.1. The van der Waals surface area contributed by atoms with Gasteiger partial charge in [-0.25, -0.2) is 15.0 Å². The highest BCUT2D eigenvalue weighted by Gasteiger charge is 2.23. The molecule has 1 unspecified atom stereocenters. The average molecular weight is 644 g/mol. The van der Waals surface area contributed by atoms with Crippen molar-refractivity contribution in [2.75, 3.05) is 19.8 Å². The number of aliphatic hydroxyl groups excluding tert-OH is 1. The number of aromatic hydroxyl groups is 1. The van der Waals surface area contributed by atoms with E-state index in [1.54, 1.807) is 12.1 Å². The molecule has 1 atom stereocenters. The molecule has 0 aliphatic carbocycles. The van der Waals surface area contributed by atoms with Crippen LogP contribution in [0.25, 0.3) is 34.2 Å². The molecule has 0 bridgehead atoms. The number of benzene rings is 3. The fourth-order valence-corrected chi connectivity index (χ4v) is 5.79. The van der Waals surface area contributed by atoms with Crippen molar-refractivity contribution < 1.29 is 19.7 Å². The summed E-state index contributed by atoms with van der Waals surface area (Å²) in [6.45, 7) is 28.2. The predicted molar refractivity (Wildman–Crippen MR) is 196 cm³/mol. The molecule has 2 N–H and O–H groups in total. The van der Waals surface area contributed by atoms with Crippen molar-refractivity contribution in [2.45, 2.75) is 110 Å². The molecule has 4 rings (SSSR count). The Balaban J connectivity index is 0.00000251. The Morgan fingerprint density at radius 3 is 1.43 bits per heavy atom. The van der Waals surface area contributed by atoms with Crippen molar-refractivity contribution >= 4 is 0 Å². The van der Waals surface area contributed by atoms with E-state index in [0.29, 0.717) is 35.4 Å². The van der Waals surface area contributed by atoms with Crippen molar-refractivity contribution in [1.29, 1.82) is 0 Å². The van der Waals surface area contributed by atoms with Gasteiger partial charge in [0.05, 0.1) is 12.2 Å². The van der Waals surface area contributed by atoms with Crippen LogP contribution in [0, 0.1) is 69.2 Å². The molecular weight excluding hydrogens is 586 g/mol. The zero-order chi connectivity index (χ0) is 34.5. The molecule has 47 heavy (non-hydrogen) atoms. The minimum absolute atomic E-state index is 0. The van der Waals surface area contributed by atoms with Gasteiger partial charge in [-0.2, -0.15) is 0 Å². The van der Waals surface area contributed by atoms with E-state index in [2.05, 4.69) is 69.2 Å². The van der Waals surface area contributed by atoms with Gasteiger partial charge >= 0.3 is 0 Å². The van der Waals surface area contributed by atoms with E-state index in [1.807, 2.05) is 20.8 Å². The van der Waals surface area contributed by atoms with Crippen molar-refractivity contribution in [3.8, 4) is 45.7 Å². The molecule has 0 radical (unpaired) electrons. The van der Waals surface area contributed by atoms with Crippen LogP contribution in [0.2, 0.25) is 0 Å². The minimum atomic E-state index is -0.766. The Morgan fingerprint density at radius 1 is 0.617 bits per heavy atom. The third kappa shape index (κ3) is 8.20. The maximum atomic E-state index is 11.2. The molecule has 1 aromatic heterocycles. The number of hydrogen-bond donors (Lipinski definition) is 2. The van der Waals surface area contributed by atoms with Crippen LogP contribution in [-0.2, 0) is 4.74 Å². The van der Waals surface area contributed by atoms with E-state index in [9.17, 15) is 10.2 Å². The second-order valence-electron chi connectivity index (χ2n) is 12.0. The smallest absolute Gasteiger partial charge is 0.167 e. The lowest BCUT2D eigenvalue weighted by molar-refractivity contribution is 0.0123. The maximum Gasteiger partial charge on any atom is 0.167 e. The Labute approximate surface area is 283 Å². The Morgan fingerprint density at radius 2 is 1.02 bits per heavy atom. The number of aliphatic hydroxyl groups is 1. The quantitative estimate of drug-likeness (QED) is 0.166. The van der Waals surface area contributed by atoms with E-state index in [1.165, 1.54) is 39.4 Å². The number of phenolic OH excluding ortho intramolecular Hbond substituents is 1. The molecule has 4 aromatic rings. The average Bonchev–Trinajstić information content (AvgIpc) is 3.05. The molecule has 7 nitrogen and oxygen atoms in total. The second kappa shape index (κ2) is 16.8. The fourth-order valence-electron chi connectivity index (χ4n) is 5.79. The van der Waals surface area contributed by atoms with Gasteiger partial charge in [0.25, 0.3) is 0 Å². The summed E-state index contributed by atoms with van der Waals surface area (Å²) in [6.07, 6.45) is 0.117. The van der Waals surface area contributed by atoms with Gasteiger partial charge in [0.2, 0.25) is 0 Å². The first kappa shape index (κ1) is 39.4. The summed E-state index contributed by atoms with van der Waals surface area (Å²) >= 11 is 0. The van der Waals surface area contributed by atoms with Gasteiger partial charge < -0.3 is 19.7 Å². The summed E-state index contributed by atoms with van der Waals surface area (Å²) in [5, 5.41) is 21.4. The molecule has 7 heteroatoms. The van der Waals surface area contributed by atoms with Crippen molar-refractivity contribution in [1.82, 2.24) is 15.0 Å². The van der Waals surface area contributed by atoms with Gasteiger partial charge in [-0.15, -0.1) is 0 Å². The first-order chi connectivity index (χ1) is 21.8. The van der Waals surface area contributed by atoms with Crippen molar-refractivity contribution in [2.24, 2.45) is 0 Å². The normalized spacial score (nSPS) is 11.4. The summed E-state index contributed by atoms with van der Waals surface area (Å²) in [5.41, 5.74) is 14.4. The first-order valence-corrected chi connectivity index (χ1v) is 16.4. The highest BCUT2D eigenvalue weighted by atomic mass is 16.5. The maximum absolute atomic E-state index is 11.2. The van der Waals surface area contributed by atoms with Crippen LogP contribution in [0.3, 0.4) is 0 Å². The lowest BCUT2D eigenvalue weighted by Crippen LogP contribution is -2.23. The predicted octanol–water partition coefficient (Wildman–Crippen LogP) is 9.49. The molecule has 0 amide bonds. The van der Waals surface area contributed by atoms with Gasteiger partial charge in [0.15, 0.2) is 17.5 Å². The zero-order valence-corrected chi connectivity index (χ0v) is 30.2. The molecule has 3 aromatic carbocycles. The van der Waals surface area contributed by atoms with Gasteiger partial charge in [-0.1, -0.05) is 28.2 Å². The largest absolute Gasteiger partial charge is 0.507 e. The Bertz CT molecular complexity index is 1570. The molecular formula is C40H57N3O4. The minimum Gasteiger partial charge on any atom is -0.507 e. The molecule has 1 heterocycles. The molecule has 0 aliphatic rings. The lowest BCUT2D eigenvalue weighted by atomic mass is 9.88. The topological polar surface area (TPSA) is 97.6 Å². The number of hydrogen-bond acceptors (Lipinski definition) is 7. The fraction of sp³-hybridized carbons (Fsp3) is 0.475. The number of ether oxygens (including phenoxy) is 2. The molecule has 0 spiro atoms. The third-order valence-electron chi connectivity index (χ3n) is 9.39. The molecule has 0 aliphatic heterocycles. The van der Waals surface area contributed by atoms with Gasteiger partial charge in [0.1, 0.15) is 24.2 Å². The van der Waals surface area contributed by atoms with Crippen LogP contribution in [-0.4, -0.2) is 51.1 Å². The van der Waals surface area contributed by atoms with Gasteiger partial charge in [-0.3, -0.25) is 0 Å². The van der Waals surface area contributed by atoms with Crippen molar-refractivity contribution in [3.05, 3.63) is 73.8 Å². The molecule has 0 saturated carbocycles. The monoisotopic (exact) mass is 643 g/mol. The number of rotatable bonds is 10. The SMILES string of the molecule is C.CC.CCCOCC(O)COc1ccc(-c2nc(-c3c(C)c(C)c(C)c(C)c3C)nc(-c3c(C)c(C)c(C)c(C)c3C)n2)c(O)c1. The van der Waals surface area contributed by atoms with Crippen LogP contribution >= 0.6 is 0 Å². The van der Waals surface area contributed by atoms with E-state index in [-0.39, 0.29) is 26.4 Å². The summed E-state index contributed by atoms with van der Waals surface area (Å²) in [5.74, 6) is 1.96.